The third kappa shape index (κ3) is 4.25. The maximum Gasteiger partial charge on any atom is 0.162 e. The van der Waals surface area contributed by atoms with E-state index in [1.807, 2.05) is 13.8 Å². The first-order valence-electron chi connectivity index (χ1n) is 4.91. The topological polar surface area (TPSA) is 21.3 Å². The zero-order chi connectivity index (χ0) is 11.3. The number of hydrogen-bond acceptors (Lipinski definition) is 2. The van der Waals surface area contributed by atoms with Crippen LogP contribution in [0, 0.1) is 11.6 Å². The molecule has 0 atom stereocenters. The van der Waals surface area contributed by atoms with E-state index in [1.165, 1.54) is 6.07 Å². The molecule has 0 heterocycles. The van der Waals surface area contributed by atoms with Gasteiger partial charge in [0.15, 0.2) is 11.6 Å². The molecule has 0 aliphatic heterocycles. The molecule has 0 aliphatic carbocycles. The van der Waals surface area contributed by atoms with Crippen molar-refractivity contribution in [2.75, 3.05) is 13.2 Å². The summed E-state index contributed by atoms with van der Waals surface area (Å²) in [5.41, 5.74) is 0. The standard InChI is InChI=1S/C11H15F2NO/c1-8(2)14-5-6-15-9-3-4-10(12)11(13)7-9/h3-4,7-8,14H,5-6H2,1-2H3. The van der Waals surface area contributed by atoms with Crippen LogP contribution in [0.1, 0.15) is 13.8 Å². The molecule has 0 fully saturated rings. The Kier molecular flexibility index (Phi) is 4.49. The van der Waals surface area contributed by atoms with Crippen LogP contribution in [-0.4, -0.2) is 19.2 Å². The summed E-state index contributed by atoms with van der Waals surface area (Å²) in [6.07, 6.45) is 0. The first kappa shape index (κ1) is 11.9. The fraction of sp³-hybridized carbons (Fsp3) is 0.455. The van der Waals surface area contributed by atoms with Gasteiger partial charge in [-0.15, -0.1) is 0 Å². The predicted octanol–water partition coefficient (Wildman–Crippen LogP) is 2.34. The van der Waals surface area contributed by atoms with Crippen molar-refractivity contribution in [2.45, 2.75) is 19.9 Å². The van der Waals surface area contributed by atoms with Crippen LogP contribution in [-0.2, 0) is 0 Å². The van der Waals surface area contributed by atoms with Crippen LogP contribution in [0.15, 0.2) is 18.2 Å². The fourth-order valence-electron chi connectivity index (χ4n) is 1.08. The van der Waals surface area contributed by atoms with Gasteiger partial charge < -0.3 is 10.1 Å². The van der Waals surface area contributed by atoms with Gasteiger partial charge in [0.25, 0.3) is 0 Å². The highest BCUT2D eigenvalue weighted by Gasteiger charge is 2.02. The Labute approximate surface area is 88.3 Å². The molecule has 0 unspecified atom stereocenters. The van der Waals surface area contributed by atoms with Crippen molar-refractivity contribution in [1.29, 1.82) is 0 Å². The molecule has 84 valence electrons. The second kappa shape index (κ2) is 5.66. The highest BCUT2D eigenvalue weighted by atomic mass is 19.2. The molecule has 0 bridgehead atoms. The van der Waals surface area contributed by atoms with E-state index in [4.69, 9.17) is 4.74 Å². The van der Waals surface area contributed by atoms with Crippen molar-refractivity contribution >= 4 is 0 Å². The Bertz CT molecular complexity index is 315. The maximum absolute atomic E-state index is 12.7. The SMILES string of the molecule is CC(C)NCCOc1ccc(F)c(F)c1. The van der Waals surface area contributed by atoms with Crippen molar-refractivity contribution in [3.05, 3.63) is 29.8 Å². The van der Waals surface area contributed by atoms with Gasteiger partial charge in [-0.25, -0.2) is 8.78 Å². The molecule has 2 nitrogen and oxygen atoms in total. The molecule has 0 saturated heterocycles. The lowest BCUT2D eigenvalue weighted by Crippen LogP contribution is -2.27. The lowest BCUT2D eigenvalue weighted by Gasteiger charge is -2.09. The molecule has 1 N–H and O–H groups in total. The molecule has 0 spiro atoms. The van der Waals surface area contributed by atoms with Gasteiger partial charge in [-0.1, -0.05) is 13.8 Å². The monoisotopic (exact) mass is 215 g/mol. The van der Waals surface area contributed by atoms with Gasteiger partial charge in [-0.2, -0.15) is 0 Å². The van der Waals surface area contributed by atoms with E-state index in [0.29, 0.717) is 24.9 Å². The highest BCUT2D eigenvalue weighted by molar-refractivity contribution is 5.23. The summed E-state index contributed by atoms with van der Waals surface area (Å²) in [5.74, 6) is -1.40. The Morgan fingerprint density at radius 3 is 2.60 bits per heavy atom. The number of ether oxygens (including phenoxy) is 1. The lowest BCUT2D eigenvalue weighted by molar-refractivity contribution is 0.306. The number of rotatable bonds is 5. The average Bonchev–Trinajstić information content (AvgIpc) is 2.18. The van der Waals surface area contributed by atoms with Crippen LogP contribution in [0.2, 0.25) is 0 Å². The van der Waals surface area contributed by atoms with Crippen LogP contribution in [0.4, 0.5) is 8.78 Å². The third-order valence-corrected chi connectivity index (χ3v) is 1.81. The summed E-state index contributed by atoms with van der Waals surface area (Å²) < 4.78 is 30.5. The van der Waals surface area contributed by atoms with Gasteiger partial charge in [0.2, 0.25) is 0 Å². The Morgan fingerprint density at radius 2 is 2.00 bits per heavy atom. The van der Waals surface area contributed by atoms with Gasteiger partial charge in [0.05, 0.1) is 0 Å². The Balaban J connectivity index is 2.35. The van der Waals surface area contributed by atoms with Gasteiger partial charge in [-0.05, 0) is 12.1 Å². The van der Waals surface area contributed by atoms with Crippen molar-refractivity contribution in [1.82, 2.24) is 5.32 Å². The van der Waals surface area contributed by atoms with Crippen molar-refractivity contribution in [2.24, 2.45) is 0 Å². The summed E-state index contributed by atoms with van der Waals surface area (Å²) in [6, 6.07) is 3.90. The number of hydrogen-bond donors (Lipinski definition) is 1. The van der Waals surface area contributed by atoms with Crippen LogP contribution in [0.25, 0.3) is 0 Å². The average molecular weight is 215 g/mol. The molecule has 15 heavy (non-hydrogen) atoms. The van der Waals surface area contributed by atoms with Crippen LogP contribution < -0.4 is 10.1 Å². The van der Waals surface area contributed by atoms with E-state index in [2.05, 4.69) is 5.32 Å². The quantitative estimate of drug-likeness (QED) is 0.761. The van der Waals surface area contributed by atoms with Gasteiger partial charge in [0, 0.05) is 18.7 Å². The van der Waals surface area contributed by atoms with Crippen molar-refractivity contribution in [3.8, 4) is 5.75 Å². The predicted molar refractivity (Wildman–Crippen MR) is 55.0 cm³/mol. The van der Waals surface area contributed by atoms with E-state index in [0.717, 1.165) is 12.1 Å². The molecule has 1 rings (SSSR count). The summed E-state index contributed by atoms with van der Waals surface area (Å²) >= 11 is 0. The highest BCUT2D eigenvalue weighted by Crippen LogP contribution is 2.14. The molecule has 1 aromatic rings. The van der Waals surface area contributed by atoms with E-state index >= 15 is 0 Å². The minimum absolute atomic E-state index is 0.347. The second-order valence-corrected chi connectivity index (χ2v) is 3.53. The summed E-state index contributed by atoms with van der Waals surface area (Å²) in [7, 11) is 0. The van der Waals surface area contributed by atoms with Crippen LogP contribution in [0.3, 0.4) is 0 Å². The van der Waals surface area contributed by atoms with E-state index in [-0.39, 0.29) is 0 Å². The maximum atomic E-state index is 12.7. The summed E-state index contributed by atoms with van der Waals surface area (Å²) in [6.45, 7) is 5.16. The molecule has 0 saturated carbocycles. The molecule has 4 heteroatoms. The first-order valence-corrected chi connectivity index (χ1v) is 4.91. The minimum Gasteiger partial charge on any atom is -0.492 e. The smallest absolute Gasteiger partial charge is 0.162 e. The van der Waals surface area contributed by atoms with Gasteiger partial charge >= 0.3 is 0 Å². The fourth-order valence-corrected chi connectivity index (χ4v) is 1.08. The van der Waals surface area contributed by atoms with Crippen LogP contribution >= 0.6 is 0 Å². The van der Waals surface area contributed by atoms with Gasteiger partial charge in [0.1, 0.15) is 12.4 Å². The van der Waals surface area contributed by atoms with Crippen molar-refractivity contribution < 1.29 is 13.5 Å². The Hall–Kier alpha value is -1.16. The minimum atomic E-state index is -0.885. The summed E-state index contributed by atoms with van der Waals surface area (Å²) in [4.78, 5) is 0. The van der Waals surface area contributed by atoms with E-state index < -0.39 is 11.6 Å². The normalized spacial score (nSPS) is 10.7. The number of benzene rings is 1. The molecule has 0 radical (unpaired) electrons. The van der Waals surface area contributed by atoms with Gasteiger partial charge in [-0.3, -0.25) is 0 Å². The van der Waals surface area contributed by atoms with E-state index in [1.54, 1.807) is 0 Å². The molecular formula is C11H15F2NO. The zero-order valence-electron chi connectivity index (χ0n) is 8.89. The third-order valence-electron chi connectivity index (χ3n) is 1.81. The van der Waals surface area contributed by atoms with Crippen molar-refractivity contribution in [3.63, 3.8) is 0 Å². The number of nitrogens with one attached hydrogen (secondary N) is 1. The molecule has 0 aromatic heterocycles. The first-order chi connectivity index (χ1) is 7.09. The lowest BCUT2D eigenvalue weighted by atomic mass is 10.3. The van der Waals surface area contributed by atoms with E-state index in [9.17, 15) is 8.78 Å². The molecule has 0 aliphatic rings. The molecule has 0 amide bonds. The molecule has 1 aromatic carbocycles. The largest absolute Gasteiger partial charge is 0.492 e. The second-order valence-electron chi connectivity index (χ2n) is 3.53. The molecular weight excluding hydrogens is 200 g/mol. The Morgan fingerprint density at radius 1 is 1.27 bits per heavy atom. The zero-order valence-corrected chi connectivity index (χ0v) is 8.89. The van der Waals surface area contributed by atoms with Crippen LogP contribution in [0.5, 0.6) is 5.75 Å². The number of halogens is 2. The summed E-state index contributed by atoms with van der Waals surface area (Å²) in [5, 5.41) is 3.15.